The summed E-state index contributed by atoms with van der Waals surface area (Å²) in [5.74, 6) is -0.703. The van der Waals surface area contributed by atoms with Gasteiger partial charge in [0.2, 0.25) is 0 Å². The van der Waals surface area contributed by atoms with Crippen molar-refractivity contribution in [3.05, 3.63) is 35.4 Å². The van der Waals surface area contributed by atoms with Gasteiger partial charge in [-0.3, -0.25) is 4.90 Å². The molecule has 0 amide bonds. The molecule has 1 aliphatic heterocycles. The maximum absolute atomic E-state index is 13.6. The molecule has 0 spiro atoms. The number of hydrogen-bond donors (Lipinski definition) is 1. The van der Waals surface area contributed by atoms with Crippen molar-refractivity contribution in [3.8, 4) is 0 Å². The van der Waals surface area contributed by atoms with Gasteiger partial charge in [-0.15, -0.1) is 0 Å². The normalized spacial score (nSPS) is 21.6. The van der Waals surface area contributed by atoms with Crippen molar-refractivity contribution < 1.29 is 8.78 Å². The minimum atomic E-state index is -0.376. The number of halogens is 2. The summed E-state index contributed by atoms with van der Waals surface area (Å²) in [7, 11) is 0. The Morgan fingerprint density at radius 1 is 1.32 bits per heavy atom. The van der Waals surface area contributed by atoms with Gasteiger partial charge in [0.05, 0.1) is 0 Å². The van der Waals surface area contributed by atoms with Crippen LogP contribution >= 0.6 is 0 Å². The molecule has 2 rings (SSSR count). The van der Waals surface area contributed by atoms with E-state index in [1.54, 1.807) is 0 Å². The fourth-order valence-corrected chi connectivity index (χ4v) is 2.44. The van der Waals surface area contributed by atoms with Crippen LogP contribution in [0.1, 0.15) is 26.3 Å². The zero-order chi connectivity index (χ0) is 14.0. The van der Waals surface area contributed by atoms with Crippen molar-refractivity contribution in [1.82, 2.24) is 10.2 Å². The first-order valence-corrected chi connectivity index (χ1v) is 6.76. The van der Waals surface area contributed by atoms with Gasteiger partial charge in [-0.1, -0.05) is 20.8 Å². The van der Waals surface area contributed by atoms with E-state index in [2.05, 4.69) is 31.0 Å². The number of nitrogens with zero attached hydrogens (tertiary/aromatic N) is 1. The molecule has 0 saturated carbocycles. The molecule has 0 aliphatic carbocycles. The molecule has 0 radical (unpaired) electrons. The van der Waals surface area contributed by atoms with Crippen molar-refractivity contribution in [1.29, 1.82) is 0 Å². The third-order valence-corrected chi connectivity index (χ3v) is 3.71. The molecule has 19 heavy (non-hydrogen) atoms. The largest absolute Gasteiger partial charge is 0.311 e. The van der Waals surface area contributed by atoms with E-state index in [0.717, 1.165) is 25.7 Å². The van der Waals surface area contributed by atoms with Gasteiger partial charge in [0.15, 0.2) is 0 Å². The highest BCUT2D eigenvalue weighted by Crippen LogP contribution is 2.23. The molecule has 1 aromatic carbocycles. The summed E-state index contributed by atoms with van der Waals surface area (Å²) in [6.07, 6.45) is 0. The number of nitrogens with one attached hydrogen (secondary N) is 1. The monoisotopic (exact) mass is 268 g/mol. The Kier molecular flexibility index (Phi) is 4.21. The summed E-state index contributed by atoms with van der Waals surface area (Å²) < 4.78 is 26.8. The molecule has 2 nitrogen and oxygen atoms in total. The lowest BCUT2D eigenvalue weighted by Gasteiger charge is -2.40. The predicted octanol–water partition coefficient (Wildman–Crippen LogP) is 2.78. The van der Waals surface area contributed by atoms with Gasteiger partial charge in [-0.05, 0) is 23.6 Å². The Hall–Kier alpha value is -1.00. The number of rotatable bonds is 2. The molecule has 4 heteroatoms. The van der Waals surface area contributed by atoms with Gasteiger partial charge in [0.1, 0.15) is 11.6 Å². The van der Waals surface area contributed by atoms with Crippen molar-refractivity contribution in [3.63, 3.8) is 0 Å². The smallest absolute Gasteiger partial charge is 0.127 e. The second-order valence-electron chi connectivity index (χ2n) is 6.34. The summed E-state index contributed by atoms with van der Waals surface area (Å²) in [5, 5.41) is 3.49. The van der Waals surface area contributed by atoms with E-state index in [-0.39, 0.29) is 17.0 Å². The topological polar surface area (TPSA) is 15.3 Å². The first-order valence-electron chi connectivity index (χ1n) is 6.76. The Morgan fingerprint density at radius 3 is 2.74 bits per heavy atom. The molecular formula is C15H22F2N2. The predicted molar refractivity (Wildman–Crippen MR) is 72.9 cm³/mol. The summed E-state index contributed by atoms with van der Waals surface area (Å²) in [6, 6.07) is 4.03. The lowest BCUT2D eigenvalue weighted by atomic mass is 9.85. The minimum Gasteiger partial charge on any atom is -0.311 e. The van der Waals surface area contributed by atoms with E-state index < -0.39 is 0 Å². The molecular weight excluding hydrogens is 246 g/mol. The summed E-state index contributed by atoms with van der Waals surface area (Å²) in [6.45, 7) is 9.66. The van der Waals surface area contributed by atoms with Crippen LogP contribution < -0.4 is 5.32 Å². The van der Waals surface area contributed by atoms with Gasteiger partial charge in [-0.25, -0.2) is 8.78 Å². The van der Waals surface area contributed by atoms with Crippen LogP contribution in [-0.4, -0.2) is 30.6 Å². The molecule has 106 valence electrons. The fourth-order valence-electron chi connectivity index (χ4n) is 2.44. The first-order chi connectivity index (χ1) is 8.86. The third-order valence-electron chi connectivity index (χ3n) is 3.71. The van der Waals surface area contributed by atoms with Crippen LogP contribution in [0.3, 0.4) is 0 Å². The van der Waals surface area contributed by atoms with Crippen LogP contribution in [0.5, 0.6) is 0 Å². The average molecular weight is 268 g/mol. The molecule has 1 atom stereocenters. The van der Waals surface area contributed by atoms with Gasteiger partial charge in [0, 0.05) is 37.8 Å². The van der Waals surface area contributed by atoms with E-state index in [1.165, 1.54) is 12.1 Å². The second-order valence-corrected chi connectivity index (χ2v) is 6.34. The average Bonchev–Trinajstić information content (AvgIpc) is 2.33. The number of piperazine rings is 1. The maximum Gasteiger partial charge on any atom is 0.127 e. The number of hydrogen-bond acceptors (Lipinski definition) is 2. The number of benzene rings is 1. The Balaban J connectivity index is 2.05. The van der Waals surface area contributed by atoms with Gasteiger partial charge < -0.3 is 5.32 Å². The van der Waals surface area contributed by atoms with Gasteiger partial charge in [-0.2, -0.15) is 0 Å². The van der Waals surface area contributed by atoms with E-state index in [9.17, 15) is 8.78 Å². The lowest BCUT2D eigenvalue weighted by molar-refractivity contribution is 0.128. The molecule has 1 unspecified atom stereocenters. The van der Waals surface area contributed by atoms with E-state index in [0.29, 0.717) is 18.2 Å². The summed E-state index contributed by atoms with van der Waals surface area (Å²) in [5.41, 5.74) is 0.605. The quantitative estimate of drug-likeness (QED) is 0.887. The maximum atomic E-state index is 13.6. The minimum absolute atomic E-state index is 0.166. The van der Waals surface area contributed by atoms with E-state index in [4.69, 9.17) is 0 Å². The van der Waals surface area contributed by atoms with Crippen molar-refractivity contribution in [2.45, 2.75) is 33.4 Å². The third kappa shape index (κ3) is 3.74. The molecule has 1 aromatic rings. The van der Waals surface area contributed by atoms with Crippen molar-refractivity contribution in [2.24, 2.45) is 5.41 Å². The van der Waals surface area contributed by atoms with Crippen LogP contribution in [0.25, 0.3) is 0 Å². The summed E-state index contributed by atoms with van der Waals surface area (Å²) in [4.78, 5) is 2.18. The van der Waals surface area contributed by atoms with E-state index >= 15 is 0 Å². The molecule has 1 fully saturated rings. The van der Waals surface area contributed by atoms with Crippen molar-refractivity contribution >= 4 is 0 Å². The van der Waals surface area contributed by atoms with Crippen LogP contribution in [0.4, 0.5) is 8.78 Å². The standard InChI is InChI=1S/C15H22F2N2/c1-15(2,3)14-10-19(7-6-18-14)9-11-8-12(16)4-5-13(11)17/h4-5,8,14,18H,6-7,9-10H2,1-3H3. The van der Waals surface area contributed by atoms with E-state index in [1.807, 2.05) is 0 Å². The lowest BCUT2D eigenvalue weighted by Crippen LogP contribution is -2.55. The summed E-state index contributed by atoms with van der Waals surface area (Å²) >= 11 is 0. The van der Waals surface area contributed by atoms with Crippen LogP contribution in [-0.2, 0) is 6.54 Å². The fraction of sp³-hybridized carbons (Fsp3) is 0.600. The second kappa shape index (κ2) is 5.55. The van der Waals surface area contributed by atoms with Crippen LogP contribution in [0.2, 0.25) is 0 Å². The van der Waals surface area contributed by atoms with Crippen LogP contribution in [0, 0.1) is 17.0 Å². The zero-order valence-corrected chi connectivity index (χ0v) is 11.8. The van der Waals surface area contributed by atoms with Crippen LogP contribution in [0.15, 0.2) is 18.2 Å². The zero-order valence-electron chi connectivity index (χ0n) is 11.8. The molecule has 1 N–H and O–H groups in total. The molecule has 1 saturated heterocycles. The van der Waals surface area contributed by atoms with Gasteiger partial charge >= 0.3 is 0 Å². The highest BCUT2D eigenvalue weighted by Gasteiger charge is 2.29. The molecule has 1 heterocycles. The Labute approximate surface area is 113 Å². The highest BCUT2D eigenvalue weighted by atomic mass is 19.1. The Morgan fingerprint density at radius 2 is 2.05 bits per heavy atom. The molecule has 0 aromatic heterocycles. The highest BCUT2D eigenvalue weighted by molar-refractivity contribution is 5.18. The van der Waals surface area contributed by atoms with Gasteiger partial charge in [0.25, 0.3) is 0 Å². The molecule has 0 bridgehead atoms. The first kappa shape index (κ1) is 14.4. The Bertz CT molecular complexity index is 440. The SMILES string of the molecule is CC(C)(C)C1CN(Cc2cc(F)ccc2F)CCN1. The molecule has 1 aliphatic rings. The van der Waals surface area contributed by atoms with Crippen molar-refractivity contribution in [2.75, 3.05) is 19.6 Å².